The van der Waals surface area contributed by atoms with E-state index in [1.54, 1.807) is 10.6 Å². The molecule has 0 unspecified atom stereocenters. The molecule has 0 aromatic carbocycles. The maximum Gasteiger partial charge on any atom is 0.407 e. The average molecular weight is 499 g/mol. The van der Waals surface area contributed by atoms with Gasteiger partial charge in [-0.2, -0.15) is 15.6 Å². The Hall–Kier alpha value is -4.64. The molecule has 2 bridgehead atoms. The van der Waals surface area contributed by atoms with Crippen molar-refractivity contribution in [2.45, 2.75) is 49.6 Å². The Labute approximate surface area is 213 Å². The summed E-state index contributed by atoms with van der Waals surface area (Å²) in [6.07, 6.45) is 7.47. The van der Waals surface area contributed by atoms with E-state index in [0.29, 0.717) is 22.5 Å². The van der Waals surface area contributed by atoms with E-state index in [9.17, 15) is 14.9 Å². The molecule has 3 saturated carbocycles. The number of hydrogen-bond donors (Lipinski definition) is 3. The number of nitriles is 2. The summed E-state index contributed by atoms with van der Waals surface area (Å²) in [5.41, 5.74) is 3.04. The first-order chi connectivity index (χ1) is 17.9. The first-order valence-corrected chi connectivity index (χ1v) is 12.1. The molecule has 3 aromatic rings. The van der Waals surface area contributed by atoms with Gasteiger partial charge in [0.05, 0.1) is 53.1 Å². The summed E-state index contributed by atoms with van der Waals surface area (Å²) >= 11 is 0. The van der Waals surface area contributed by atoms with Crippen molar-refractivity contribution in [3.8, 4) is 23.5 Å². The first kappa shape index (κ1) is 24.1. The van der Waals surface area contributed by atoms with E-state index >= 15 is 0 Å². The predicted octanol–water partition coefficient (Wildman–Crippen LogP) is 3.13. The van der Waals surface area contributed by atoms with Gasteiger partial charge < -0.3 is 20.7 Å². The summed E-state index contributed by atoms with van der Waals surface area (Å²) in [6, 6.07) is 11.3. The lowest BCUT2D eigenvalue weighted by atomic mass is 9.61. The van der Waals surface area contributed by atoms with Crippen LogP contribution in [0.25, 0.3) is 16.9 Å². The molecule has 3 N–H and O–H groups in total. The Balaban J connectivity index is 1.47. The Bertz CT molecular complexity index is 1440. The second-order valence-corrected chi connectivity index (χ2v) is 9.67. The number of nitrogens with one attached hydrogen (secondary N) is 3. The van der Waals surface area contributed by atoms with E-state index in [4.69, 9.17) is 10.00 Å². The lowest BCUT2D eigenvalue weighted by Crippen LogP contribution is -2.61. The molecule has 0 saturated heterocycles. The quantitative estimate of drug-likeness (QED) is 0.437. The summed E-state index contributed by atoms with van der Waals surface area (Å²) < 4.78 is 6.52. The summed E-state index contributed by atoms with van der Waals surface area (Å²) in [7, 11) is 1.37. The number of fused-ring (bicyclic) bond motifs is 4. The number of carbonyl (C=O) groups is 2. The van der Waals surface area contributed by atoms with Gasteiger partial charge in [0.25, 0.3) is 5.91 Å². The first-order valence-electron chi connectivity index (χ1n) is 12.1. The van der Waals surface area contributed by atoms with Gasteiger partial charge in [0, 0.05) is 17.3 Å². The van der Waals surface area contributed by atoms with Gasteiger partial charge in [0.15, 0.2) is 0 Å². The minimum atomic E-state index is -0.410. The van der Waals surface area contributed by atoms with Crippen molar-refractivity contribution in [3.05, 3.63) is 47.8 Å². The van der Waals surface area contributed by atoms with Crippen molar-refractivity contribution in [1.29, 1.82) is 10.5 Å². The topological polar surface area (TPSA) is 157 Å². The summed E-state index contributed by atoms with van der Waals surface area (Å²) in [5, 5.41) is 31.8. The second kappa shape index (κ2) is 9.43. The largest absolute Gasteiger partial charge is 0.453 e. The zero-order valence-corrected chi connectivity index (χ0v) is 20.4. The van der Waals surface area contributed by atoms with Crippen LogP contribution in [-0.4, -0.2) is 51.3 Å². The van der Waals surface area contributed by atoms with Gasteiger partial charge in [0.1, 0.15) is 12.6 Å². The predicted molar refractivity (Wildman–Crippen MR) is 133 cm³/mol. The summed E-state index contributed by atoms with van der Waals surface area (Å²) in [4.78, 5) is 29.3. The van der Waals surface area contributed by atoms with E-state index in [1.807, 2.05) is 24.3 Å². The fraction of sp³-hybridized carbons (Fsp3) is 0.385. The molecule has 0 aliphatic heterocycles. The minimum absolute atomic E-state index is 0.110. The maximum atomic E-state index is 12.9. The number of nitrogens with zero attached hydrogens (tertiary/aromatic N) is 5. The molecular formula is C26H26N8O3. The van der Waals surface area contributed by atoms with Crippen molar-refractivity contribution < 1.29 is 14.3 Å². The van der Waals surface area contributed by atoms with Crippen LogP contribution in [0.2, 0.25) is 0 Å². The zero-order valence-electron chi connectivity index (χ0n) is 20.4. The molecule has 6 rings (SSSR count). The van der Waals surface area contributed by atoms with Gasteiger partial charge in [-0.05, 0) is 62.8 Å². The molecule has 0 spiro atoms. The molecule has 11 nitrogen and oxygen atoms in total. The summed E-state index contributed by atoms with van der Waals surface area (Å²) in [6.45, 7) is -0.110. The Kier molecular flexibility index (Phi) is 6.14. The smallest absolute Gasteiger partial charge is 0.407 e. The average Bonchev–Trinajstić information content (AvgIpc) is 3.36. The monoisotopic (exact) mass is 498 g/mol. The summed E-state index contributed by atoms with van der Waals surface area (Å²) in [5.74, 6) is -0.385. The molecule has 188 valence electrons. The van der Waals surface area contributed by atoms with Gasteiger partial charge >= 0.3 is 6.09 Å². The molecule has 11 heteroatoms. The van der Waals surface area contributed by atoms with E-state index in [2.05, 4.69) is 32.1 Å². The Morgan fingerprint density at radius 1 is 1.08 bits per heavy atom. The van der Waals surface area contributed by atoms with Crippen molar-refractivity contribution in [1.82, 2.24) is 25.2 Å². The number of ether oxygens (including phenoxy) is 1. The van der Waals surface area contributed by atoms with Crippen molar-refractivity contribution in [3.63, 3.8) is 0 Å². The SMILES string of the molecule is COC(=O)NC12CCC(Nc3cc(-c4ccc5cc(C#N)cnn45)ncc3C(=O)NCC#N)(CC1)CC2. The van der Waals surface area contributed by atoms with Gasteiger partial charge in [-0.3, -0.25) is 9.78 Å². The van der Waals surface area contributed by atoms with Crippen LogP contribution in [0.1, 0.15) is 54.4 Å². The molecule has 3 aliphatic rings. The number of rotatable bonds is 6. The third-order valence-corrected chi connectivity index (χ3v) is 7.57. The number of carbonyl (C=O) groups excluding carboxylic acids is 2. The number of methoxy groups -OCH3 is 1. The van der Waals surface area contributed by atoms with E-state index in [1.165, 1.54) is 19.5 Å². The maximum absolute atomic E-state index is 12.9. The van der Waals surface area contributed by atoms with Crippen LogP contribution < -0.4 is 16.0 Å². The van der Waals surface area contributed by atoms with Crippen molar-refractivity contribution >= 4 is 23.2 Å². The van der Waals surface area contributed by atoms with Crippen LogP contribution in [0.3, 0.4) is 0 Å². The van der Waals surface area contributed by atoms with Crippen LogP contribution in [0.4, 0.5) is 10.5 Å². The van der Waals surface area contributed by atoms with Crippen molar-refractivity contribution in [2.75, 3.05) is 19.0 Å². The van der Waals surface area contributed by atoms with E-state index in [-0.39, 0.29) is 23.5 Å². The molecule has 3 heterocycles. The highest BCUT2D eigenvalue weighted by molar-refractivity contribution is 6.00. The fourth-order valence-corrected chi connectivity index (χ4v) is 5.46. The van der Waals surface area contributed by atoms with Crippen LogP contribution in [-0.2, 0) is 4.74 Å². The van der Waals surface area contributed by atoms with Gasteiger partial charge in [-0.1, -0.05) is 0 Å². The van der Waals surface area contributed by atoms with Crippen LogP contribution in [0.5, 0.6) is 0 Å². The van der Waals surface area contributed by atoms with Crippen molar-refractivity contribution in [2.24, 2.45) is 0 Å². The van der Waals surface area contributed by atoms with Gasteiger partial charge in [-0.25, -0.2) is 9.31 Å². The number of anilines is 1. The third-order valence-electron chi connectivity index (χ3n) is 7.57. The zero-order chi connectivity index (χ0) is 26.0. The highest BCUT2D eigenvalue weighted by Crippen LogP contribution is 2.48. The van der Waals surface area contributed by atoms with E-state index in [0.717, 1.165) is 49.7 Å². The molecule has 3 fully saturated rings. The second-order valence-electron chi connectivity index (χ2n) is 9.67. The Morgan fingerprint density at radius 2 is 1.81 bits per heavy atom. The minimum Gasteiger partial charge on any atom is -0.453 e. The van der Waals surface area contributed by atoms with Crippen LogP contribution in [0, 0.1) is 22.7 Å². The third kappa shape index (κ3) is 4.52. The standard InChI is InChI=1S/C26H26N8O3/c1-37-24(36)33-26-7-4-25(5-8-26,6-9-26)32-20-13-21(30-16-19(20)23(35)29-11-10-27)22-3-2-18-12-17(14-28)15-31-34(18)22/h2-3,12-13,15-16H,4-9,11H2,1H3,(H,29,35)(H,30,32)(H,33,36). The molecule has 3 aromatic heterocycles. The normalized spacial score (nSPS) is 22.0. The molecule has 37 heavy (non-hydrogen) atoms. The van der Waals surface area contributed by atoms with Gasteiger partial charge in [0.2, 0.25) is 0 Å². The molecule has 0 radical (unpaired) electrons. The van der Waals surface area contributed by atoms with Crippen LogP contribution >= 0.6 is 0 Å². The highest BCUT2D eigenvalue weighted by Gasteiger charge is 2.49. The number of amides is 2. The van der Waals surface area contributed by atoms with Crippen LogP contribution in [0.15, 0.2) is 36.7 Å². The molecule has 2 amide bonds. The van der Waals surface area contributed by atoms with Gasteiger partial charge in [-0.15, -0.1) is 0 Å². The fourth-order valence-electron chi connectivity index (χ4n) is 5.46. The number of pyridine rings is 1. The highest BCUT2D eigenvalue weighted by atomic mass is 16.5. The molecule has 0 atom stereocenters. The van der Waals surface area contributed by atoms with E-state index < -0.39 is 6.09 Å². The number of alkyl carbamates (subject to hydrolysis) is 1. The lowest BCUT2D eigenvalue weighted by Gasteiger charge is -2.54. The number of aromatic nitrogens is 3. The molecular weight excluding hydrogens is 472 g/mol. The molecule has 3 aliphatic carbocycles. The lowest BCUT2D eigenvalue weighted by molar-refractivity contribution is 0.0830. The Morgan fingerprint density at radius 3 is 2.49 bits per heavy atom. The number of hydrogen-bond acceptors (Lipinski definition) is 8.